The van der Waals surface area contributed by atoms with Gasteiger partial charge in [0.1, 0.15) is 23.4 Å². The molecule has 350 valence electrons. The summed E-state index contributed by atoms with van der Waals surface area (Å²) >= 11 is 6.36. The fraction of sp³-hybridized carbons (Fsp3) is 0.300. The fourth-order valence-corrected chi connectivity index (χ4v) is 8.68. The van der Waals surface area contributed by atoms with E-state index in [2.05, 4.69) is 41.3 Å². The third-order valence-corrected chi connectivity index (χ3v) is 12.2. The number of hydrazone groups is 1. The van der Waals surface area contributed by atoms with Crippen molar-refractivity contribution in [3.05, 3.63) is 135 Å². The molecule has 3 aliphatic rings. The van der Waals surface area contributed by atoms with Crippen molar-refractivity contribution in [3.63, 3.8) is 0 Å². The van der Waals surface area contributed by atoms with Gasteiger partial charge in [-0.15, -0.1) is 0 Å². The second-order valence-corrected chi connectivity index (χ2v) is 17.1. The van der Waals surface area contributed by atoms with Crippen LogP contribution in [0.2, 0.25) is 5.02 Å². The zero-order valence-corrected chi connectivity index (χ0v) is 37.9. The maximum atomic E-state index is 14.9. The molecule has 0 spiro atoms. The van der Waals surface area contributed by atoms with Gasteiger partial charge >= 0.3 is 0 Å². The van der Waals surface area contributed by atoms with E-state index in [1.807, 2.05) is 24.3 Å². The summed E-state index contributed by atoms with van der Waals surface area (Å²) in [4.78, 5) is 69.8. The fourth-order valence-electron chi connectivity index (χ4n) is 8.51. The van der Waals surface area contributed by atoms with E-state index in [9.17, 15) is 28.0 Å². The van der Waals surface area contributed by atoms with E-state index in [-0.39, 0.29) is 54.9 Å². The lowest BCUT2D eigenvalue weighted by Crippen LogP contribution is -2.52. The van der Waals surface area contributed by atoms with Crippen LogP contribution in [0.25, 0.3) is 11.3 Å². The molecule has 0 saturated carbocycles. The van der Waals surface area contributed by atoms with Crippen LogP contribution in [0, 0.1) is 11.6 Å². The van der Waals surface area contributed by atoms with E-state index in [0.29, 0.717) is 74.5 Å². The number of carbonyl (C=O) groups is 4. The number of halogens is 3. The Balaban J connectivity index is 0.716. The highest BCUT2D eigenvalue weighted by Crippen LogP contribution is 2.36. The molecule has 4 heterocycles. The number of aromatic nitrogens is 2. The van der Waals surface area contributed by atoms with Gasteiger partial charge in [0.05, 0.1) is 23.5 Å². The highest BCUT2D eigenvalue weighted by atomic mass is 35.5. The average Bonchev–Trinajstić information content (AvgIpc) is 3.58. The summed E-state index contributed by atoms with van der Waals surface area (Å²) in [6, 6.07) is 20.7. The number of fused-ring (bicyclic) bond motifs is 4. The number of hydrogen-bond donors (Lipinski definition) is 5. The van der Waals surface area contributed by atoms with Crippen molar-refractivity contribution in [3.8, 4) is 11.3 Å². The van der Waals surface area contributed by atoms with E-state index < -0.39 is 23.6 Å². The van der Waals surface area contributed by atoms with Crippen LogP contribution in [0.3, 0.4) is 0 Å². The second kappa shape index (κ2) is 22.0. The average molecular weight is 942 g/mol. The maximum Gasteiger partial charge on any atom is 0.255 e. The number of amides is 4. The van der Waals surface area contributed by atoms with E-state index in [1.165, 1.54) is 23.1 Å². The zero-order chi connectivity index (χ0) is 47.6. The van der Waals surface area contributed by atoms with Crippen LogP contribution in [0.5, 0.6) is 0 Å². The second-order valence-electron chi connectivity index (χ2n) is 16.7. The Labute approximate surface area is 396 Å². The number of aliphatic imine (C=N–C) groups is 2. The van der Waals surface area contributed by atoms with Crippen molar-refractivity contribution in [1.82, 2.24) is 25.5 Å². The van der Waals surface area contributed by atoms with Crippen LogP contribution < -0.4 is 27.1 Å². The number of unbranched alkanes of at least 4 members (excludes halogenated alkanes) is 4. The Morgan fingerprint density at radius 2 is 1.68 bits per heavy atom. The van der Waals surface area contributed by atoms with Crippen LogP contribution in [0.4, 0.5) is 26.1 Å². The third-order valence-electron chi connectivity index (χ3n) is 12.0. The summed E-state index contributed by atoms with van der Waals surface area (Å²) in [5, 5.41) is 16.3. The molecule has 1 unspecified atom stereocenters. The van der Waals surface area contributed by atoms with Crippen LogP contribution in [-0.4, -0.2) is 81.8 Å². The lowest BCUT2D eigenvalue weighted by molar-refractivity contribution is -0.137. The number of piperidine rings is 1. The first-order valence-corrected chi connectivity index (χ1v) is 23.0. The summed E-state index contributed by atoms with van der Waals surface area (Å²) < 4.78 is 29.9. The van der Waals surface area contributed by atoms with Crippen molar-refractivity contribution >= 4 is 70.2 Å². The van der Waals surface area contributed by atoms with Crippen LogP contribution in [-0.2, 0) is 27.5 Å². The van der Waals surface area contributed by atoms with Gasteiger partial charge in [-0.05, 0) is 87.3 Å². The number of nitrogens with zero attached hydrogens (tertiary/aromatic N) is 6. The van der Waals surface area contributed by atoms with Gasteiger partial charge in [-0.25, -0.2) is 18.7 Å². The smallest absolute Gasteiger partial charge is 0.255 e. The zero-order valence-electron chi connectivity index (χ0n) is 37.2. The molecule has 6 N–H and O–H groups in total. The van der Waals surface area contributed by atoms with E-state index in [0.717, 1.165) is 57.2 Å². The van der Waals surface area contributed by atoms with Gasteiger partial charge in [-0.2, -0.15) is 5.10 Å². The van der Waals surface area contributed by atoms with Crippen molar-refractivity contribution in [1.29, 1.82) is 0 Å². The number of nitrogens with one attached hydrogen (secondary N) is 4. The molecule has 1 saturated heterocycles. The molecular formula is C50H50ClF2N11O4. The predicted octanol–water partition coefficient (Wildman–Crippen LogP) is 7.62. The van der Waals surface area contributed by atoms with Gasteiger partial charge in [0.15, 0.2) is 0 Å². The summed E-state index contributed by atoms with van der Waals surface area (Å²) in [6.45, 7) is 2.61. The van der Waals surface area contributed by atoms with Crippen LogP contribution in [0.1, 0.15) is 96.0 Å². The molecule has 3 aliphatic heterocycles. The summed E-state index contributed by atoms with van der Waals surface area (Å²) in [6.07, 6.45) is 9.75. The molecule has 0 aliphatic carbocycles. The number of hydrogen-bond acceptors (Lipinski definition) is 12. The molecule has 15 nitrogen and oxygen atoms in total. The van der Waals surface area contributed by atoms with E-state index >= 15 is 0 Å². The van der Waals surface area contributed by atoms with Gasteiger partial charge in [0.2, 0.25) is 23.7 Å². The Kier molecular flexibility index (Phi) is 15.3. The normalized spacial score (nSPS) is 15.7. The van der Waals surface area contributed by atoms with Crippen molar-refractivity contribution < 1.29 is 28.0 Å². The molecule has 4 amide bonds. The van der Waals surface area contributed by atoms with Gasteiger partial charge in [-0.1, -0.05) is 61.2 Å². The van der Waals surface area contributed by atoms with Crippen molar-refractivity contribution in [2.24, 2.45) is 20.9 Å². The third kappa shape index (κ3) is 11.1. The van der Waals surface area contributed by atoms with Gasteiger partial charge in [-0.3, -0.25) is 34.5 Å². The van der Waals surface area contributed by atoms with Crippen molar-refractivity contribution in [2.75, 3.05) is 30.3 Å². The summed E-state index contributed by atoms with van der Waals surface area (Å²) in [5.41, 5.74) is 5.99. The quantitative estimate of drug-likeness (QED) is 0.0181. The number of rotatable bonds is 19. The first kappa shape index (κ1) is 47.3. The predicted molar refractivity (Wildman–Crippen MR) is 258 cm³/mol. The summed E-state index contributed by atoms with van der Waals surface area (Å²) in [5.74, 6) is 3.41. The van der Waals surface area contributed by atoms with E-state index in [1.54, 1.807) is 48.8 Å². The maximum absolute atomic E-state index is 14.9. The number of carbonyl (C=O) groups excluding carboxylic acids is 4. The Bertz CT molecular complexity index is 2800. The molecule has 4 aromatic carbocycles. The lowest BCUT2D eigenvalue weighted by Gasteiger charge is -2.29. The molecular weight excluding hydrogens is 892 g/mol. The van der Waals surface area contributed by atoms with Crippen molar-refractivity contribution in [2.45, 2.75) is 76.9 Å². The Morgan fingerprint density at radius 1 is 0.912 bits per heavy atom. The minimum atomic E-state index is -0.726. The molecule has 5 aromatic rings. The Hall–Kier alpha value is -7.24. The highest BCUT2D eigenvalue weighted by Gasteiger charge is 2.40. The van der Waals surface area contributed by atoms with Crippen LogP contribution >= 0.6 is 11.6 Å². The molecule has 1 atom stereocenters. The highest BCUT2D eigenvalue weighted by molar-refractivity contribution is 6.38. The minimum Gasteiger partial charge on any atom is -0.326 e. The molecule has 68 heavy (non-hydrogen) atoms. The SMILES string of the molecule is NN=C(C=NCCCNCCCCCCCC(=O)Nc1cccc2c1CN(C1CCC(=O)NC1=O)C2=O)c1ccc(Nc2ncc3c(n2)-c2ccc(Cl)cc2C(c2c(F)cccc2F)=NC3)cc1. The minimum absolute atomic E-state index is 0.109. The molecule has 8 rings (SSSR count). The lowest BCUT2D eigenvalue weighted by atomic mass is 9.95. The molecule has 1 fully saturated rings. The monoisotopic (exact) mass is 941 g/mol. The largest absolute Gasteiger partial charge is 0.326 e. The number of anilines is 3. The topological polar surface area (TPSA) is 209 Å². The number of benzene rings is 4. The van der Waals surface area contributed by atoms with Gasteiger partial charge in [0.25, 0.3) is 5.91 Å². The first-order chi connectivity index (χ1) is 33.1. The molecule has 0 bridgehead atoms. The summed E-state index contributed by atoms with van der Waals surface area (Å²) in [7, 11) is 0. The van der Waals surface area contributed by atoms with Crippen LogP contribution in [0.15, 0.2) is 100 Å². The molecule has 1 aromatic heterocycles. The van der Waals surface area contributed by atoms with E-state index in [4.69, 9.17) is 22.4 Å². The molecule has 18 heteroatoms. The first-order valence-electron chi connectivity index (χ1n) is 22.6. The Morgan fingerprint density at radius 3 is 2.47 bits per heavy atom. The van der Waals surface area contributed by atoms with Gasteiger partial charge in [0, 0.05) is 88.1 Å². The standard InChI is InChI=1S/C50H50ClF2N11O4/c51-32-16-19-34-36(25-32)47(45-38(52)10-7-11-39(45)53)57-26-31-27-58-50(62-46(31)34)59-33-17-14-30(15-18-33)41(63-54)28-56-24-8-23-55-22-5-3-1-2-4-13-43(65)60-40-12-6-9-35-37(40)29-64(49(35)68)42-20-21-44(66)61-48(42)67/h6-7,9-12,14-19,25,27-28,42,55H,1-5,8,13,20-24,26,29,54H2,(H,60,65)(H,58,59,62)(H,61,66,67). The van der Waals surface area contributed by atoms with Gasteiger partial charge < -0.3 is 26.7 Å². The molecule has 0 radical (unpaired) electrons. The number of nitrogens with two attached hydrogens (primary N) is 1. The number of imide groups is 1.